The molecule has 0 fully saturated rings. The van der Waals surface area contributed by atoms with Gasteiger partial charge < -0.3 is 9.52 Å². The van der Waals surface area contributed by atoms with Crippen molar-refractivity contribution >= 4 is 17.6 Å². The number of nitrogens with one attached hydrogen (secondary N) is 1. The number of carboxylic acids is 1. The summed E-state index contributed by atoms with van der Waals surface area (Å²) in [6.45, 7) is 1.91. The Bertz CT molecular complexity index is 566. The summed E-state index contributed by atoms with van der Waals surface area (Å²) in [7, 11) is 0. The zero-order valence-corrected chi connectivity index (χ0v) is 11.0. The minimum absolute atomic E-state index is 0.338. The van der Waals surface area contributed by atoms with Gasteiger partial charge in [0.1, 0.15) is 12.3 Å². The number of carbonyl (C=O) groups is 1. The number of hydrogen-bond donors (Lipinski definition) is 2. The zero-order valence-electron chi connectivity index (χ0n) is 10.3. The highest BCUT2D eigenvalue weighted by atomic mass is 35.5. The van der Waals surface area contributed by atoms with E-state index in [-0.39, 0.29) is 0 Å². The molecule has 1 aromatic carbocycles. The number of nitrogens with zero attached hydrogens (tertiary/aromatic N) is 1. The molecule has 2 N–H and O–H groups in total. The maximum Gasteiger partial charge on any atom is 0.320 e. The van der Waals surface area contributed by atoms with Crippen LogP contribution in [0.25, 0.3) is 11.5 Å². The average Bonchev–Trinajstić information content (AvgIpc) is 2.85. The van der Waals surface area contributed by atoms with Gasteiger partial charge in [-0.2, -0.15) is 0 Å². The van der Waals surface area contributed by atoms with E-state index in [1.165, 1.54) is 6.26 Å². The number of oxazole rings is 1. The van der Waals surface area contributed by atoms with Crippen LogP contribution in [-0.2, 0) is 11.3 Å². The van der Waals surface area contributed by atoms with Gasteiger partial charge in [-0.05, 0) is 31.2 Å². The van der Waals surface area contributed by atoms with Crippen LogP contribution in [0, 0.1) is 0 Å². The van der Waals surface area contributed by atoms with Crippen LogP contribution in [0.4, 0.5) is 0 Å². The fraction of sp³-hybridized carbons (Fsp3) is 0.231. The lowest BCUT2D eigenvalue weighted by Crippen LogP contribution is -2.33. The smallest absolute Gasteiger partial charge is 0.320 e. The monoisotopic (exact) mass is 280 g/mol. The maximum absolute atomic E-state index is 10.7. The maximum atomic E-state index is 10.7. The number of rotatable bonds is 5. The molecule has 0 aliphatic carbocycles. The zero-order chi connectivity index (χ0) is 13.8. The fourth-order valence-electron chi connectivity index (χ4n) is 1.46. The van der Waals surface area contributed by atoms with Gasteiger partial charge in [0, 0.05) is 17.1 Å². The van der Waals surface area contributed by atoms with E-state index in [0.717, 1.165) is 5.56 Å². The molecule has 2 rings (SSSR count). The van der Waals surface area contributed by atoms with Crippen molar-refractivity contribution in [1.82, 2.24) is 10.3 Å². The first-order valence-electron chi connectivity index (χ1n) is 5.73. The number of hydrogen-bond acceptors (Lipinski definition) is 4. The quantitative estimate of drug-likeness (QED) is 0.880. The third-order valence-electron chi connectivity index (χ3n) is 2.60. The molecule has 1 aromatic heterocycles. The van der Waals surface area contributed by atoms with E-state index in [2.05, 4.69) is 10.3 Å². The second-order valence-corrected chi connectivity index (χ2v) is 4.53. The Kier molecular flexibility index (Phi) is 4.19. The highest BCUT2D eigenvalue weighted by Crippen LogP contribution is 2.20. The van der Waals surface area contributed by atoms with Crippen molar-refractivity contribution in [3.05, 3.63) is 41.2 Å². The van der Waals surface area contributed by atoms with E-state index in [1.807, 2.05) is 12.1 Å². The Labute approximate surface area is 115 Å². The highest BCUT2D eigenvalue weighted by molar-refractivity contribution is 6.30. The van der Waals surface area contributed by atoms with Crippen molar-refractivity contribution in [2.45, 2.75) is 19.5 Å². The molecule has 19 heavy (non-hydrogen) atoms. The van der Waals surface area contributed by atoms with Crippen molar-refractivity contribution in [3.8, 4) is 11.5 Å². The molecule has 0 radical (unpaired) electrons. The lowest BCUT2D eigenvalue weighted by Gasteiger charge is -2.05. The SMILES string of the molecule is C[C@H](NCc1coc(-c2ccc(Cl)cc2)n1)C(=O)O. The second kappa shape index (κ2) is 5.86. The first-order chi connectivity index (χ1) is 9.06. The molecule has 0 bridgehead atoms. The number of halogens is 1. The van der Waals surface area contributed by atoms with Gasteiger partial charge in [-0.25, -0.2) is 4.98 Å². The molecule has 0 saturated heterocycles. The van der Waals surface area contributed by atoms with Gasteiger partial charge in [0.15, 0.2) is 0 Å². The van der Waals surface area contributed by atoms with Crippen LogP contribution in [-0.4, -0.2) is 22.1 Å². The summed E-state index contributed by atoms with van der Waals surface area (Å²) in [6.07, 6.45) is 1.51. The Morgan fingerprint density at radius 1 is 1.47 bits per heavy atom. The normalized spacial score (nSPS) is 12.3. The van der Waals surface area contributed by atoms with Gasteiger partial charge >= 0.3 is 5.97 Å². The summed E-state index contributed by atoms with van der Waals surface area (Å²) in [6, 6.07) is 6.50. The molecule has 1 heterocycles. The Balaban J connectivity index is 2.03. The van der Waals surface area contributed by atoms with Gasteiger partial charge in [0.05, 0.1) is 5.69 Å². The van der Waals surface area contributed by atoms with E-state index in [1.54, 1.807) is 19.1 Å². The molecular weight excluding hydrogens is 268 g/mol. The van der Waals surface area contributed by atoms with Crippen LogP contribution in [0.5, 0.6) is 0 Å². The van der Waals surface area contributed by atoms with Gasteiger partial charge in [-0.15, -0.1) is 0 Å². The lowest BCUT2D eigenvalue weighted by molar-refractivity contribution is -0.139. The van der Waals surface area contributed by atoms with Crippen molar-refractivity contribution in [3.63, 3.8) is 0 Å². The van der Waals surface area contributed by atoms with Crippen LogP contribution in [0.3, 0.4) is 0 Å². The molecule has 0 saturated carbocycles. The average molecular weight is 281 g/mol. The molecule has 0 unspecified atom stereocenters. The third kappa shape index (κ3) is 3.56. The van der Waals surface area contributed by atoms with E-state index in [4.69, 9.17) is 21.1 Å². The Morgan fingerprint density at radius 3 is 2.79 bits per heavy atom. The van der Waals surface area contributed by atoms with Crippen molar-refractivity contribution in [1.29, 1.82) is 0 Å². The molecule has 5 nitrogen and oxygen atoms in total. The predicted molar refractivity (Wildman–Crippen MR) is 70.9 cm³/mol. The van der Waals surface area contributed by atoms with E-state index < -0.39 is 12.0 Å². The van der Waals surface area contributed by atoms with Crippen molar-refractivity contribution < 1.29 is 14.3 Å². The van der Waals surface area contributed by atoms with Crippen LogP contribution in [0.15, 0.2) is 34.9 Å². The standard InChI is InChI=1S/C13H13ClN2O3/c1-8(13(17)18)15-6-11-7-19-12(16-11)9-2-4-10(14)5-3-9/h2-5,7-8,15H,6H2,1H3,(H,17,18)/t8-/m0/s1. The molecule has 0 spiro atoms. The van der Waals surface area contributed by atoms with E-state index in [0.29, 0.717) is 23.2 Å². The molecular formula is C13H13ClN2O3. The summed E-state index contributed by atoms with van der Waals surface area (Å²) in [5, 5.41) is 12.2. The van der Waals surface area contributed by atoms with Crippen LogP contribution in [0.2, 0.25) is 5.02 Å². The summed E-state index contributed by atoms with van der Waals surface area (Å²) in [5.74, 6) is -0.419. The molecule has 100 valence electrons. The number of benzene rings is 1. The lowest BCUT2D eigenvalue weighted by atomic mass is 10.2. The second-order valence-electron chi connectivity index (χ2n) is 4.09. The molecule has 0 aliphatic heterocycles. The Morgan fingerprint density at radius 2 is 2.16 bits per heavy atom. The van der Waals surface area contributed by atoms with Gasteiger partial charge in [-0.1, -0.05) is 11.6 Å². The number of aliphatic carboxylic acids is 1. The fourth-order valence-corrected chi connectivity index (χ4v) is 1.58. The van der Waals surface area contributed by atoms with Crippen LogP contribution < -0.4 is 5.32 Å². The summed E-state index contributed by atoms with van der Waals surface area (Å²) in [4.78, 5) is 14.9. The van der Waals surface area contributed by atoms with E-state index in [9.17, 15) is 4.79 Å². The van der Waals surface area contributed by atoms with Crippen LogP contribution >= 0.6 is 11.6 Å². The van der Waals surface area contributed by atoms with Crippen molar-refractivity contribution in [2.24, 2.45) is 0 Å². The minimum Gasteiger partial charge on any atom is -0.480 e. The molecule has 0 aliphatic rings. The Hall–Kier alpha value is -1.85. The van der Waals surface area contributed by atoms with Crippen molar-refractivity contribution in [2.75, 3.05) is 0 Å². The first kappa shape index (κ1) is 13.6. The number of aromatic nitrogens is 1. The molecule has 2 aromatic rings. The molecule has 6 heteroatoms. The van der Waals surface area contributed by atoms with Gasteiger partial charge in [0.2, 0.25) is 5.89 Å². The molecule has 1 atom stereocenters. The largest absolute Gasteiger partial charge is 0.480 e. The summed E-state index contributed by atoms with van der Waals surface area (Å²) < 4.78 is 5.34. The first-order valence-corrected chi connectivity index (χ1v) is 6.10. The van der Waals surface area contributed by atoms with Gasteiger partial charge in [-0.3, -0.25) is 10.1 Å². The third-order valence-corrected chi connectivity index (χ3v) is 2.85. The topological polar surface area (TPSA) is 75.4 Å². The predicted octanol–water partition coefficient (Wildman–Crippen LogP) is 2.56. The summed E-state index contributed by atoms with van der Waals surface area (Å²) >= 11 is 5.80. The summed E-state index contributed by atoms with van der Waals surface area (Å²) in [5.41, 5.74) is 1.47. The minimum atomic E-state index is -0.901. The molecule has 0 amide bonds. The van der Waals surface area contributed by atoms with Crippen LogP contribution in [0.1, 0.15) is 12.6 Å². The van der Waals surface area contributed by atoms with E-state index >= 15 is 0 Å². The highest BCUT2D eigenvalue weighted by Gasteiger charge is 2.11. The van der Waals surface area contributed by atoms with Gasteiger partial charge in [0.25, 0.3) is 0 Å². The number of carboxylic acid groups (broad SMARTS) is 1.